The Morgan fingerprint density at radius 1 is 0.963 bits per heavy atom. The van der Waals surface area contributed by atoms with E-state index in [1.54, 1.807) is 12.1 Å². The summed E-state index contributed by atoms with van der Waals surface area (Å²) in [6.07, 6.45) is 2.24. The molecule has 0 radical (unpaired) electrons. The minimum absolute atomic E-state index is 0.0154. The van der Waals surface area contributed by atoms with Gasteiger partial charge in [-0.05, 0) is 30.5 Å². The van der Waals surface area contributed by atoms with Crippen LogP contribution >= 0.6 is 0 Å². The fourth-order valence-corrected chi connectivity index (χ4v) is 3.94. The molecule has 3 amide bonds. The van der Waals surface area contributed by atoms with Gasteiger partial charge in [0.25, 0.3) is 5.91 Å². The van der Waals surface area contributed by atoms with Crippen LogP contribution in [0.1, 0.15) is 41.6 Å². The summed E-state index contributed by atoms with van der Waals surface area (Å²) in [5, 5.41) is 0. The Balaban J connectivity index is 1.33. The molecular weight excluding hydrogens is 348 g/mol. The maximum Gasteiger partial charge on any atom is 0.253 e. The Hall–Kier alpha value is -2.25. The lowest BCUT2D eigenvalue weighted by molar-refractivity contribution is -0.139. The molecule has 27 heavy (non-hydrogen) atoms. The predicted octanol–water partition coefficient (Wildman–Crippen LogP) is 1.56. The quantitative estimate of drug-likeness (QED) is 0.750. The lowest BCUT2D eigenvalue weighted by Gasteiger charge is -2.33. The van der Waals surface area contributed by atoms with Crippen LogP contribution in [-0.4, -0.2) is 60.1 Å². The highest BCUT2D eigenvalue weighted by Crippen LogP contribution is 2.26. The van der Waals surface area contributed by atoms with Crippen molar-refractivity contribution >= 4 is 17.7 Å². The van der Waals surface area contributed by atoms with E-state index in [9.17, 15) is 14.4 Å². The number of nitrogens with zero attached hydrogens (tertiary/aromatic N) is 2. The van der Waals surface area contributed by atoms with Gasteiger partial charge in [0.15, 0.2) is 6.29 Å². The van der Waals surface area contributed by atoms with Crippen molar-refractivity contribution in [1.29, 1.82) is 0 Å². The monoisotopic (exact) mass is 372 g/mol. The number of likely N-dealkylation sites (tertiary alicyclic amines) is 2. The number of hydrogen-bond donors (Lipinski definition) is 0. The van der Waals surface area contributed by atoms with E-state index < -0.39 is 0 Å². The second-order valence-electron chi connectivity index (χ2n) is 7.31. The zero-order valence-corrected chi connectivity index (χ0v) is 15.3. The SMILES string of the molecule is O=C(c1ccc(CN2C(=O)CCC2=O)cc1)N1CCC(C2OCCO2)CC1. The summed E-state index contributed by atoms with van der Waals surface area (Å²) in [7, 11) is 0. The van der Waals surface area contributed by atoms with Crippen LogP contribution in [0.5, 0.6) is 0 Å². The molecule has 0 spiro atoms. The van der Waals surface area contributed by atoms with Crippen molar-refractivity contribution in [2.24, 2.45) is 5.92 Å². The minimum atomic E-state index is -0.127. The summed E-state index contributed by atoms with van der Waals surface area (Å²) in [6, 6.07) is 7.19. The number of ether oxygens (including phenoxy) is 2. The molecule has 0 saturated carbocycles. The van der Waals surface area contributed by atoms with Gasteiger partial charge in [0.05, 0.1) is 19.8 Å². The number of benzene rings is 1. The lowest BCUT2D eigenvalue weighted by Crippen LogP contribution is -2.41. The van der Waals surface area contributed by atoms with E-state index in [0.717, 1.165) is 18.4 Å². The third-order valence-corrected chi connectivity index (χ3v) is 5.56. The zero-order valence-electron chi connectivity index (χ0n) is 15.3. The Bertz CT molecular complexity index is 702. The van der Waals surface area contributed by atoms with Gasteiger partial charge in [-0.1, -0.05) is 12.1 Å². The van der Waals surface area contributed by atoms with Gasteiger partial charge in [-0.15, -0.1) is 0 Å². The molecule has 1 aromatic rings. The molecule has 3 aliphatic heterocycles. The maximum atomic E-state index is 12.7. The Kier molecular flexibility index (Phi) is 5.22. The van der Waals surface area contributed by atoms with E-state index in [4.69, 9.17) is 9.47 Å². The molecule has 1 aromatic carbocycles. The largest absolute Gasteiger partial charge is 0.350 e. The van der Waals surface area contributed by atoms with Gasteiger partial charge < -0.3 is 14.4 Å². The number of hydrogen-bond acceptors (Lipinski definition) is 5. The topological polar surface area (TPSA) is 76.2 Å². The van der Waals surface area contributed by atoms with Crippen molar-refractivity contribution in [2.75, 3.05) is 26.3 Å². The Morgan fingerprint density at radius 2 is 1.56 bits per heavy atom. The molecular formula is C20H24N2O5. The van der Waals surface area contributed by atoms with Crippen LogP contribution in [-0.2, 0) is 25.6 Å². The van der Waals surface area contributed by atoms with Gasteiger partial charge in [0.1, 0.15) is 0 Å². The first-order valence-electron chi connectivity index (χ1n) is 9.56. The summed E-state index contributed by atoms with van der Waals surface area (Å²) in [6.45, 7) is 2.99. The molecule has 7 heteroatoms. The van der Waals surface area contributed by atoms with Crippen molar-refractivity contribution in [2.45, 2.75) is 38.5 Å². The van der Waals surface area contributed by atoms with Crippen LogP contribution < -0.4 is 0 Å². The molecule has 3 saturated heterocycles. The summed E-state index contributed by atoms with van der Waals surface area (Å²) in [4.78, 5) is 39.3. The summed E-state index contributed by atoms with van der Waals surface area (Å²) < 4.78 is 11.2. The molecule has 0 aromatic heterocycles. The van der Waals surface area contributed by atoms with Gasteiger partial charge in [0, 0.05) is 37.4 Å². The number of amides is 3. The van der Waals surface area contributed by atoms with E-state index in [1.807, 2.05) is 17.0 Å². The van der Waals surface area contributed by atoms with E-state index >= 15 is 0 Å². The van der Waals surface area contributed by atoms with Crippen LogP contribution in [0, 0.1) is 5.92 Å². The number of rotatable bonds is 4. The summed E-state index contributed by atoms with van der Waals surface area (Å²) in [5.74, 6) is 0.118. The van der Waals surface area contributed by atoms with Gasteiger partial charge in [-0.2, -0.15) is 0 Å². The maximum absolute atomic E-state index is 12.7. The molecule has 0 bridgehead atoms. The molecule has 0 aliphatic carbocycles. The van der Waals surface area contributed by atoms with Crippen LogP contribution in [0.15, 0.2) is 24.3 Å². The third kappa shape index (κ3) is 3.89. The first-order chi connectivity index (χ1) is 13.1. The van der Waals surface area contributed by atoms with Gasteiger partial charge >= 0.3 is 0 Å². The summed E-state index contributed by atoms with van der Waals surface area (Å²) >= 11 is 0. The molecule has 3 heterocycles. The van der Waals surface area contributed by atoms with Gasteiger partial charge in [-0.25, -0.2) is 0 Å². The molecule has 0 N–H and O–H groups in total. The molecule has 144 valence electrons. The molecule has 7 nitrogen and oxygen atoms in total. The van der Waals surface area contributed by atoms with Crippen molar-refractivity contribution in [3.05, 3.63) is 35.4 Å². The Labute approximate surface area is 158 Å². The Morgan fingerprint density at radius 3 is 2.15 bits per heavy atom. The number of piperidine rings is 1. The highest BCUT2D eigenvalue weighted by atomic mass is 16.7. The first kappa shape index (κ1) is 18.1. The highest BCUT2D eigenvalue weighted by molar-refractivity contribution is 6.01. The van der Waals surface area contributed by atoms with Crippen molar-refractivity contribution in [3.8, 4) is 0 Å². The van der Waals surface area contributed by atoms with Crippen LogP contribution in [0.2, 0.25) is 0 Å². The molecule has 0 unspecified atom stereocenters. The van der Waals surface area contributed by atoms with Crippen molar-refractivity contribution in [3.63, 3.8) is 0 Å². The average Bonchev–Trinajstić information content (AvgIpc) is 3.34. The molecule has 0 atom stereocenters. The average molecular weight is 372 g/mol. The van der Waals surface area contributed by atoms with Gasteiger partial charge in [-0.3, -0.25) is 19.3 Å². The summed E-state index contributed by atoms with van der Waals surface area (Å²) in [5.41, 5.74) is 1.48. The lowest BCUT2D eigenvalue weighted by atomic mass is 9.95. The third-order valence-electron chi connectivity index (χ3n) is 5.56. The van der Waals surface area contributed by atoms with Crippen molar-refractivity contribution < 1.29 is 23.9 Å². The standard InChI is InChI=1S/C20H24N2O5/c23-17-5-6-18(24)22(17)13-14-1-3-15(4-2-14)19(25)21-9-7-16(8-10-21)20-26-11-12-27-20/h1-4,16,20H,5-13H2. The second kappa shape index (κ2) is 7.78. The number of imide groups is 1. The van der Waals surface area contributed by atoms with Crippen LogP contribution in [0.3, 0.4) is 0 Å². The van der Waals surface area contributed by atoms with Gasteiger partial charge in [0.2, 0.25) is 11.8 Å². The van der Waals surface area contributed by atoms with E-state index in [0.29, 0.717) is 50.6 Å². The van der Waals surface area contributed by atoms with E-state index in [-0.39, 0.29) is 30.6 Å². The molecule has 4 rings (SSSR count). The zero-order chi connectivity index (χ0) is 18.8. The smallest absolute Gasteiger partial charge is 0.253 e. The highest BCUT2D eigenvalue weighted by Gasteiger charge is 2.32. The molecule has 3 fully saturated rings. The first-order valence-corrected chi connectivity index (χ1v) is 9.56. The van der Waals surface area contributed by atoms with E-state index in [1.165, 1.54) is 4.90 Å². The molecule has 3 aliphatic rings. The predicted molar refractivity (Wildman–Crippen MR) is 95.6 cm³/mol. The fraction of sp³-hybridized carbons (Fsp3) is 0.550. The normalized spacial score (nSPS) is 22.1. The second-order valence-corrected chi connectivity index (χ2v) is 7.31. The van der Waals surface area contributed by atoms with Crippen molar-refractivity contribution in [1.82, 2.24) is 9.80 Å². The number of carbonyl (C=O) groups excluding carboxylic acids is 3. The van der Waals surface area contributed by atoms with Crippen LogP contribution in [0.4, 0.5) is 0 Å². The van der Waals surface area contributed by atoms with Crippen LogP contribution in [0.25, 0.3) is 0 Å². The van der Waals surface area contributed by atoms with E-state index in [2.05, 4.69) is 0 Å². The minimum Gasteiger partial charge on any atom is -0.350 e. The fourth-order valence-electron chi connectivity index (χ4n) is 3.94. The number of carbonyl (C=O) groups is 3.